The van der Waals surface area contributed by atoms with E-state index in [1.165, 1.54) is 6.92 Å². The van der Waals surface area contributed by atoms with Crippen LogP contribution in [0.4, 0.5) is 8.78 Å². The third-order valence-corrected chi connectivity index (χ3v) is 4.63. The molecular weight excluding hydrogens is 304 g/mol. The first-order chi connectivity index (χ1) is 9.81. The van der Waals surface area contributed by atoms with Crippen molar-refractivity contribution in [3.63, 3.8) is 0 Å². The molecule has 0 aliphatic carbocycles. The highest BCUT2D eigenvalue weighted by Crippen LogP contribution is 2.20. The summed E-state index contributed by atoms with van der Waals surface area (Å²) in [5.74, 6) is -3.41. The summed E-state index contributed by atoms with van der Waals surface area (Å²) in [7, 11) is -4.38. The second kappa shape index (κ2) is 6.07. The van der Waals surface area contributed by atoms with E-state index < -0.39 is 38.4 Å². The molecule has 1 N–H and O–H groups in total. The Hall–Kier alpha value is -1.54. The van der Waals surface area contributed by atoms with Gasteiger partial charge in [0.1, 0.15) is 16.5 Å². The van der Waals surface area contributed by atoms with Crippen molar-refractivity contribution in [2.45, 2.75) is 24.7 Å². The van der Waals surface area contributed by atoms with Gasteiger partial charge in [-0.1, -0.05) is 0 Å². The SMILES string of the molecule is Cc1cc(S(=O)(=O)NC(=O)C2CCCOC2)c(F)cc1F. The molecule has 1 aromatic carbocycles. The van der Waals surface area contributed by atoms with Gasteiger partial charge < -0.3 is 4.74 Å². The van der Waals surface area contributed by atoms with Crippen LogP contribution in [0.3, 0.4) is 0 Å². The first kappa shape index (κ1) is 15.8. The molecule has 1 fully saturated rings. The molecular formula is C13H15F2NO4S. The normalized spacial score (nSPS) is 19.3. The molecule has 1 saturated heterocycles. The van der Waals surface area contributed by atoms with E-state index in [1.54, 1.807) is 0 Å². The number of amides is 1. The molecule has 1 aromatic rings. The summed E-state index contributed by atoms with van der Waals surface area (Å²) >= 11 is 0. The quantitative estimate of drug-likeness (QED) is 0.916. The van der Waals surface area contributed by atoms with Gasteiger partial charge in [-0.2, -0.15) is 0 Å². The summed E-state index contributed by atoms with van der Waals surface area (Å²) in [5, 5.41) is 0. The van der Waals surface area contributed by atoms with Gasteiger partial charge in [0, 0.05) is 12.7 Å². The smallest absolute Gasteiger partial charge is 0.266 e. The van der Waals surface area contributed by atoms with E-state index in [4.69, 9.17) is 4.74 Å². The lowest BCUT2D eigenvalue weighted by Crippen LogP contribution is -2.39. The Balaban J connectivity index is 2.22. The second-order valence-corrected chi connectivity index (χ2v) is 6.57. The molecule has 1 aliphatic rings. The number of benzene rings is 1. The minimum absolute atomic E-state index is 0.0229. The Bertz CT molecular complexity index is 654. The first-order valence-corrected chi connectivity index (χ1v) is 7.89. The highest BCUT2D eigenvalue weighted by Gasteiger charge is 2.28. The molecule has 0 radical (unpaired) electrons. The Morgan fingerprint density at radius 2 is 2.05 bits per heavy atom. The van der Waals surface area contributed by atoms with Gasteiger partial charge in [0.2, 0.25) is 5.91 Å². The minimum Gasteiger partial charge on any atom is -0.381 e. The van der Waals surface area contributed by atoms with Gasteiger partial charge in [-0.25, -0.2) is 21.9 Å². The van der Waals surface area contributed by atoms with Crippen LogP contribution in [0.2, 0.25) is 0 Å². The van der Waals surface area contributed by atoms with Crippen LogP contribution in [0.25, 0.3) is 0 Å². The van der Waals surface area contributed by atoms with E-state index in [9.17, 15) is 22.0 Å². The summed E-state index contributed by atoms with van der Waals surface area (Å²) < 4.78 is 57.8. The summed E-state index contributed by atoms with van der Waals surface area (Å²) in [6, 6.07) is 1.34. The Morgan fingerprint density at radius 1 is 1.33 bits per heavy atom. The standard InChI is InChI=1S/C13H15F2NO4S/c1-8-5-12(11(15)6-10(8)14)21(18,19)16-13(17)9-3-2-4-20-7-9/h5-6,9H,2-4,7H2,1H3,(H,16,17). The fourth-order valence-electron chi connectivity index (χ4n) is 2.05. The van der Waals surface area contributed by atoms with Gasteiger partial charge in [-0.05, 0) is 31.4 Å². The molecule has 0 bridgehead atoms. The van der Waals surface area contributed by atoms with E-state index in [2.05, 4.69) is 0 Å². The lowest BCUT2D eigenvalue weighted by Gasteiger charge is -2.21. The lowest BCUT2D eigenvalue weighted by molar-refractivity contribution is -0.127. The highest BCUT2D eigenvalue weighted by molar-refractivity contribution is 7.90. The van der Waals surface area contributed by atoms with Crippen LogP contribution in [-0.2, 0) is 19.6 Å². The Labute approximate surface area is 121 Å². The molecule has 0 spiro atoms. The molecule has 0 saturated carbocycles. The Kier molecular flexibility index (Phi) is 4.58. The topological polar surface area (TPSA) is 72.5 Å². The molecule has 1 amide bonds. The fraction of sp³-hybridized carbons (Fsp3) is 0.462. The Morgan fingerprint density at radius 3 is 2.67 bits per heavy atom. The van der Waals surface area contributed by atoms with Gasteiger partial charge in [0.25, 0.3) is 10.0 Å². The molecule has 116 valence electrons. The molecule has 5 nitrogen and oxygen atoms in total. The van der Waals surface area contributed by atoms with E-state index in [1.807, 2.05) is 4.72 Å². The van der Waals surface area contributed by atoms with Crippen LogP contribution in [0.15, 0.2) is 17.0 Å². The van der Waals surface area contributed by atoms with Gasteiger partial charge in [0.05, 0.1) is 12.5 Å². The van der Waals surface area contributed by atoms with Crippen molar-refractivity contribution in [2.24, 2.45) is 5.92 Å². The number of hydrogen-bond donors (Lipinski definition) is 1. The highest BCUT2D eigenvalue weighted by atomic mass is 32.2. The fourth-order valence-corrected chi connectivity index (χ4v) is 3.24. The van der Waals surface area contributed by atoms with E-state index in [-0.39, 0.29) is 12.2 Å². The van der Waals surface area contributed by atoms with Crippen LogP contribution < -0.4 is 4.72 Å². The molecule has 1 atom stereocenters. The largest absolute Gasteiger partial charge is 0.381 e. The van der Waals surface area contributed by atoms with Crippen LogP contribution >= 0.6 is 0 Å². The first-order valence-electron chi connectivity index (χ1n) is 6.41. The zero-order valence-electron chi connectivity index (χ0n) is 11.4. The van der Waals surface area contributed by atoms with Crippen molar-refractivity contribution in [2.75, 3.05) is 13.2 Å². The number of halogens is 2. The maximum Gasteiger partial charge on any atom is 0.266 e. The van der Waals surface area contributed by atoms with E-state index in [0.717, 1.165) is 6.07 Å². The summed E-state index contributed by atoms with van der Waals surface area (Å²) in [5.41, 5.74) is -0.0229. The molecule has 8 heteroatoms. The minimum atomic E-state index is -4.38. The number of aryl methyl sites for hydroxylation is 1. The predicted molar refractivity (Wildman–Crippen MR) is 70.0 cm³/mol. The number of carbonyl (C=O) groups excluding carboxylic acids is 1. The van der Waals surface area contributed by atoms with Gasteiger partial charge >= 0.3 is 0 Å². The average Bonchev–Trinajstić information content (AvgIpc) is 2.43. The van der Waals surface area contributed by atoms with Gasteiger partial charge in [-0.15, -0.1) is 0 Å². The molecule has 1 aliphatic heterocycles. The van der Waals surface area contributed by atoms with E-state index in [0.29, 0.717) is 25.5 Å². The monoisotopic (exact) mass is 319 g/mol. The second-order valence-electron chi connectivity index (χ2n) is 4.92. The van der Waals surface area contributed by atoms with Crippen LogP contribution in [0.5, 0.6) is 0 Å². The van der Waals surface area contributed by atoms with Crippen LogP contribution in [-0.4, -0.2) is 27.5 Å². The zero-order chi connectivity index (χ0) is 15.6. The molecule has 2 rings (SSSR count). The maximum atomic E-state index is 13.6. The number of hydrogen-bond acceptors (Lipinski definition) is 4. The van der Waals surface area contributed by atoms with Gasteiger partial charge in [-0.3, -0.25) is 4.79 Å². The van der Waals surface area contributed by atoms with Crippen molar-refractivity contribution in [3.05, 3.63) is 29.3 Å². The predicted octanol–water partition coefficient (Wildman–Crippen LogP) is 1.50. The van der Waals surface area contributed by atoms with Crippen LogP contribution in [0.1, 0.15) is 18.4 Å². The number of ether oxygens (including phenoxy) is 1. The average molecular weight is 319 g/mol. The molecule has 0 aromatic heterocycles. The number of rotatable bonds is 3. The summed E-state index contributed by atoms with van der Waals surface area (Å²) in [6.07, 6.45) is 1.16. The molecule has 1 heterocycles. The van der Waals surface area contributed by atoms with Crippen molar-refractivity contribution in [1.82, 2.24) is 4.72 Å². The lowest BCUT2D eigenvalue weighted by atomic mass is 10.0. The zero-order valence-corrected chi connectivity index (χ0v) is 12.2. The number of nitrogens with one attached hydrogen (secondary N) is 1. The van der Waals surface area contributed by atoms with Crippen molar-refractivity contribution in [1.29, 1.82) is 0 Å². The summed E-state index contributed by atoms with van der Waals surface area (Å²) in [4.78, 5) is 11.1. The van der Waals surface area contributed by atoms with Crippen molar-refractivity contribution >= 4 is 15.9 Å². The number of sulfonamides is 1. The van der Waals surface area contributed by atoms with Gasteiger partial charge in [0.15, 0.2) is 0 Å². The summed E-state index contributed by atoms with van der Waals surface area (Å²) in [6.45, 7) is 1.97. The number of carbonyl (C=O) groups is 1. The van der Waals surface area contributed by atoms with Crippen molar-refractivity contribution < 1.29 is 26.7 Å². The molecule has 21 heavy (non-hydrogen) atoms. The third-order valence-electron chi connectivity index (χ3n) is 3.27. The molecule has 1 unspecified atom stereocenters. The van der Waals surface area contributed by atoms with Crippen LogP contribution in [0, 0.1) is 24.5 Å². The third kappa shape index (κ3) is 3.56. The van der Waals surface area contributed by atoms with Crippen molar-refractivity contribution in [3.8, 4) is 0 Å². The van der Waals surface area contributed by atoms with E-state index >= 15 is 0 Å². The maximum absolute atomic E-state index is 13.6.